The zero-order valence-electron chi connectivity index (χ0n) is 9.00. The summed E-state index contributed by atoms with van der Waals surface area (Å²) in [6.07, 6.45) is 1.24. The lowest BCUT2D eigenvalue weighted by molar-refractivity contribution is 0.103. The van der Waals surface area contributed by atoms with Gasteiger partial charge in [0.25, 0.3) is 5.91 Å². The van der Waals surface area contributed by atoms with E-state index in [4.69, 9.17) is 23.2 Å². The second-order valence-corrected chi connectivity index (χ2v) is 6.45. The van der Waals surface area contributed by atoms with Crippen LogP contribution in [0.2, 0.25) is 10.2 Å². The van der Waals surface area contributed by atoms with E-state index in [-0.39, 0.29) is 21.9 Å². The topological polar surface area (TPSA) is 54.9 Å². The minimum absolute atomic E-state index is 0.102. The highest BCUT2D eigenvalue weighted by Crippen LogP contribution is 2.29. The molecule has 18 heavy (non-hydrogen) atoms. The number of nitrogens with one attached hydrogen (secondary N) is 1. The van der Waals surface area contributed by atoms with Gasteiger partial charge in [0, 0.05) is 0 Å². The summed E-state index contributed by atoms with van der Waals surface area (Å²) in [6.45, 7) is 1.91. The zero-order chi connectivity index (χ0) is 13.3. The van der Waals surface area contributed by atoms with Gasteiger partial charge in [0.2, 0.25) is 0 Å². The maximum absolute atomic E-state index is 12.0. The summed E-state index contributed by atoms with van der Waals surface area (Å²) in [4.78, 5) is 20.1. The molecule has 8 heteroatoms. The number of hydrogen-bond donors (Lipinski definition) is 1. The largest absolute Gasteiger partial charge is 0.304 e. The van der Waals surface area contributed by atoms with Crippen LogP contribution in [0.4, 0.5) is 5.82 Å². The third kappa shape index (κ3) is 2.83. The van der Waals surface area contributed by atoms with Crippen LogP contribution in [0.15, 0.2) is 16.2 Å². The number of halogens is 3. The molecule has 2 aromatic rings. The van der Waals surface area contributed by atoms with E-state index in [2.05, 4.69) is 31.2 Å². The molecule has 1 N–H and O–H groups in total. The van der Waals surface area contributed by atoms with Crippen LogP contribution < -0.4 is 5.32 Å². The molecule has 0 saturated carbocycles. The Hall–Kier alpha value is -0.690. The summed E-state index contributed by atoms with van der Waals surface area (Å²) in [6, 6.07) is 1.78. The molecule has 0 fully saturated rings. The Labute approximate surface area is 125 Å². The molecular formula is C10H6BrCl2N3OS. The molecule has 94 valence electrons. The zero-order valence-corrected chi connectivity index (χ0v) is 12.9. The Morgan fingerprint density at radius 3 is 2.78 bits per heavy atom. The van der Waals surface area contributed by atoms with E-state index in [0.717, 1.165) is 9.35 Å². The Morgan fingerprint density at radius 1 is 1.44 bits per heavy atom. The van der Waals surface area contributed by atoms with Crippen LogP contribution in [0.25, 0.3) is 0 Å². The van der Waals surface area contributed by atoms with Crippen molar-refractivity contribution in [2.75, 3.05) is 5.32 Å². The van der Waals surface area contributed by atoms with Crippen molar-refractivity contribution in [3.63, 3.8) is 0 Å². The van der Waals surface area contributed by atoms with Gasteiger partial charge in [0.1, 0.15) is 11.3 Å². The van der Waals surface area contributed by atoms with Gasteiger partial charge >= 0.3 is 0 Å². The molecule has 2 rings (SSSR count). The van der Waals surface area contributed by atoms with Gasteiger partial charge < -0.3 is 5.32 Å². The predicted octanol–water partition coefficient (Wildman–Crippen LogP) is 4.17. The standard InChI is InChI=1S/C10H6BrCl2N3OS/c1-4-2-5(18-7(4)11)10(17)16-9-6(12)8(13)14-3-15-9/h2-3H,1H3,(H,14,15,16,17). The average molecular weight is 367 g/mol. The number of carbonyl (C=O) groups excluding carboxylic acids is 1. The lowest BCUT2D eigenvalue weighted by atomic mass is 10.3. The third-order valence-electron chi connectivity index (χ3n) is 2.06. The second-order valence-electron chi connectivity index (χ2n) is 3.35. The van der Waals surface area contributed by atoms with Crippen LogP contribution in [-0.2, 0) is 0 Å². The van der Waals surface area contributed by atoms with Crippen LogP contribution in [0, 0.1) is 6.92 Å². The van der Waals surface area contributed by atoms with E-state index in [9.17, 15) is 4.79 Å². The van der Waals surface area contributed by atoms with Crippen molar-refractivity contribution < 1.29 is 4.79 Å². The summed E-state index contributed by atoms with van der Waals surface area (Å²) in [7, 11) is 0. The van der Waals surface area contributed by atoms with Crippen molar-refractivity contribution >= 4 is 62.2 Å². The van der Waals surface area contributed by atoms with Crippen LogP contribution in [0.5, 0.6) is 0 Å². The van der Waals surface area contributed by atoms with Gasteiger partial charge in [-0.05, 0) is 34.5 Å². The van der Waals surface area contributed by atoms with Crippen LogP contribution in [0.1, 0.15) is 15.2 Å². The molecule has 0 aliphatic rings. The Morgan fingerprint density at radius 2 is 2.17 bits per heavy atom. The molecule has 0 spiro atoms. The molecule has 0 aromatic carbocycles. The van der Waals surface area contributed by atoms with Crippen LogP contribution in [0.3, 0.4) is 0 Å². The van der Waals surface area contributed by atoms with E-state index >= 15 is 0 Å². The van der Waals surface area contributed by atoms with Gasteiger partial charge in [-0.15, -0.1) is 11.3 Å². The first-order valence-electron chi connectivity index (χ1n) is 4.72. The maximum Gasteiger partial charge on any atom is 0.266 e. The first kappa shape index (κ1) is 13.7. The molecule has 0 aliphatic carbocycles. The highest BCUT2D eigenvalue weighted by Gasteiger charge is 2.15. The average Bonchev–Trinajstić information content (AvgIpc) is 2.66. The minimum Gasteiger partial charge on any atom is -0.304 e. The number of aromatic nitrogens is 2. The summed E-state index contributed by atoms with van der Waals surface area (Å²) >= 11 is 16.3. The van der Waals surface area contributed by atoms with E-state index in [1.54, 1.807) is 6.07 Å². The molecule has 4 nitrogen and oxygen atoms in total. The molecule has 1 amide bonds. The van der Waals surface area contributed by atoms with Gasteiger partial charge in [-0.1, -0.05) is 23.2 Å². The number of aryl methyl sites for hydroxylation is 1. The summed E-state index contributed by atoms with van der Waals surface area (Å²) < 4.78 is 0.916. The van der Waals surface area contributed by atoms with Crippen molar-refractivity contribution in [2.45, 2.75) is 6.92 Å². The number of rotatable bonds is 2. The van der Waals surface area contributed by atoms with E-state index in [1.165, 1.54) is 17.7 Å². The number of nitrogens with zero attached hydrogens (tertiary/aromatic N) is 2. The van der Waals surface area contributed by atoms with Crippen LogP contribution in [-0.4, -0.2) is 15.9 Å². The maximum atomic E-state index is 12.0. The van der Waals surface area contributed by atoms with Crippen LogP contribution >= 0.6 is 50.5 Å². The van der Waals surface area contributed by atoms with Gasteiger partial charge in [0.15, 0.2) is 11.0 Å². The van der Waals surface area contributed by atoms with E-state index in [1.807, 2.05) is 6.92 Å². The second kappa shape index (κ2) is 5.52. The Bertz CT molecular complexity index is 598. The normalized spacial score (nSPS) is 10.4. The smallest absolute Gasteiger partial charge is 0.266 e. The molecule has 0 aliphatic heterocycles. The van der Waals surface area contributed by atoms with Crippen molar-refractivity contribution in [3.8, 4) is 0 Å². The van der Waals surface area contributed by atoms with E-state index < -0.39 is 0 Å². The molecule has 0 bridgehead atoms. The fourth-order valence-corrected chi connectivity index (χ4v) is 2.88. The van der Waals surface area contributed by atoms with Gasteiger partial charge in [0.05, 0.1) is 8.66 Å². The molecule has 2 heterocycles. The van der Waals surface area contributed by atoms with Crippen molar-refractivity contribution in [1.29, 1.82) is 0 Å². The molecule has 0 radical (unpaired) electrons. The highest BCUT2D eigenvalue weighted by molar-refractivity contribution is 9.11. The first-order valence-corrected chi connectivity index (χ1v) is 7.09. The van der Waals surface area contributed by atoms with Crippen molar-refractivity contribution in [1.82, 2.24) is 9.97 Å². The summed E-state index contributed by atoms with van der Waals surface area (Å²) in [5, 5.41) is 2.82. The SMILES string of the molecule is Cc1cc(C(=O)Nc2ncnc(Cl)c2Cl)sc1Br. The third-order valence-corrected chi connectivity index (χ3v) is 4.94. The molecule has 0 saturated heterocycles. The number of carbonyl (C=O) groups is 1. The fraction of sp³-hybridized carbons (Fsp3) is 0.100. The lowest BCUT2D eigenvalue weighted by Crippen LogP contribution is -2.12. The minimum atomic E-state index is -0.287. The van der Waals surface area contributed by atoms with Gasteiger partial charge in [-0.3, -0.25) is 4.79 Å². The highest BCUT2D eigenvalue weighted by atomic mass is 79.9. The van der Waals surface area contributed by atoms with Gasteiger partial charge in [-0.25, -0.2) is 9.97 Å². The fourth-order valence-electron chi connectivity index (χ4n) is 1.18. The van der Waals surface area contributed by atoms with Crippen molar-refractivity contribution in [3.05, 3.63) is 36.8 Å². The number of anilines is 1. The van der Waals surface area contributed by atoms with Crippen molar-refractivity contribution in [2.24, 2.45) is 0 Å². The Kier molecular flexibility index (Phi) is 4.21. The molecule has 2 aromatic heterocycles. The monoisotopic (exact) mass is 365 g/mol. The van der Waals surface area contributed by atoms with E-state index in [0.29, 0.717) is 4.88 Å². The quantitative estimate of drug-likeness (QED) is 0.811. The summed E-state index contributed by atoms with van der Waals surface area (Å²) in [5.74, 6) is -0.0886. The number of hydrogen-bond acceptors (Lipinski definition) is 4. The number of amides is 1. The number of thiophene rings is 1. The molecule has 0 atom stereocenters. The van der Waals surface area contributed by atoms with Gasteiger partial charge in [-0.2, -0.15) is 0 Å². The summed E-state index contributed by atoms with van der Waals surface area (Å²) in [5.41, 5.74) is 0.997. The lowest BCUT2D eigenvalue weighted by Gasteiger charge is -2.04. The first-order chi connectivity index (χ1) is 8.49. The molecular weight excluding hydrogens is 361 g/mol. The Balaban J connectivity index is 2.24. The molecule has 0 unspecified atom stereocenters. The predicted molar refractivity (Wildman–Crippen MR) is 76.8 cm³/mol.